The molecular formula is C22H23F2N5O. The van der Waals surface area contributed by atoms with Gasteiger partial charge < -0.3 is 10.2 Å². The molecule has 0 aliphatic heterocycles. The fourth-order valence-electron chi connectivity index (χ4n) is 3.83. The summed E-state index contributed by atoms with van der Waals surface area (Å²) < 4.78 is 29.7. The van der Waals surface area contributed by atoms with Gasteiger partial charge in [0.25, 0.3) is 0 Å². The summed E-state index contributed by atoms with van der Waals surface area (Å²) in [6, 6.07) is 8.76. The van der Waals surface area contributed by atoms with Crippen LogP contribution < -0.4 is 5.32 Å². The van der Waals surface area contributed by atoms with Gasteiger partial charge in [0.2, 0.25) is 0 Å². The Labute approximate surface area is 173 Å². The van der Waals surface area contributed by atoms with Crippen molar-refractivity contribution in [1.82, 2.24) is 19.7 Å². The van der Waals surface area contributed by atoms with Gasteiger partial charge in [-0.25, -0.2) is 13.6 Å². The molecule has 1 saturated carbocycles. The van der Waals surface area contributed by atoms with Crippen molar-refractivity contribution in [2.45, 2.75) is 38.3 Å². The zero-order valence-electron chi connectivity index (χ0n) is 16.5. The normalized spacial score (nSPS) is 14.1. The molecule has 0 radical (unpaired) electrons. The fraction of sp³-hybridized carbons (Fsp3) is 0.318. The van der Waals surface area contributed by atoms with Crippen molar-refractivity contribution in [3.63, 3.8) is 0 Å². The van der Waals surface area contributed by atoms with Gasteiger partial charge in [0.05, 0.1) is 12.2 Å². The van der Waals surface area contributed by atoms with E-state index in [4.69, 9.17) is 0 Å². The van der Waals surface area contributed by atoms with Crippen LogP contribution in [0.3, 0.4) is 0 Å². The standard InChI is InChI=1S/C22H23F2N5O/c23-18-6-3-7-19(24)21(18)26-22(30)29(17-4-1-2-5-17)15-14-28-13-10-20(27-28)16-8-11-25-12-9-16/h3,6-13,17H,1-2,4-5,14-15H2,(H,26,30). The highest BCUT2D eigenvalue weighted by atomic mass is 19.1. The Kier molecular flexibility index (Phi) is 6.02. The van der Waals surface area contributed by atoms with Crippen LogP contribution in [-0.4, -0.2) is 38.3 Å². The van der Waals surface area contributed by atoms with Crippen LogP contribution in [0.4, 0.5) is 19.3 Å². The van der Waals surface area contributed by atoms with Crippen LogP contribution in [0.5, 0.6) is 0 Å². The number of aromatic nitrogens is 3. The monoisotopic (exact) mass is 411 g/mol. The van der Waals surface area contributed by atoms with Crippen LogP contribution in [0.1, 0.15) is 25.7 Å². The van der Waals surface area contributed by atoms with Gasteiger partial charge in [0.15, 0.2) is 0 Å². The number of carbonyl (C=O) groups excluding carboxylic acids is 1. The second-order valence-electron chi connectivity index (χ2n) is 7.36. The predicted molar refractivity (Wildman–Crippen MR) is 110 cm³/mol. The zero-order chi connectivity index (χ0) is 20.9. The van der Waals surface area contributed by atoms with E-state index in [0.29, 0.717) is 13.1 Å². The summed E-state index contributed by atoms with van der Waals surface area (Å²) in [5.74, 6) is -1.58. The molecule has 4 rings (SSSR count). The van der Waals surface area contributed by atoms with E-state index in [-0.39, 0.29) is 6.04 Å². The number of amides is 2. The van der Waals surface area contributed by atoms with Gasteiger partial charge >= 0.3 is 6.03 Å². The molecule has 2 heterocycles. The average molecular weight is 411 g/mol. The van der Waals surface area contributed by atoms with Gasteiger partial charge in [-0.15, -0.1) is 0 Å². The SMILES string of the molecule is O=C(Nc1c(F)cccc1F)N(CCn1ccc(-c2ccncc2)n1)C1CCCC1. The minimum Gasteiger partial charge on any atom is -0.320 e. The number of hydrogen-bond donors (Lipinski definition) is 1. The Balaban J connectivity index is 1.46. The second kappa shape index (κ2) is 9.02. The van der Waals surface area contributed by atoms with E-state index in [9.17, 15) is 13.6 Å². The van der Waals surface area contributed by atoms with E-state index < -0.39 is 23.4 Å². The first-order valence-electron chi connectivity index (χ1n) is 10.1. The largest absolute Gasteiger partial charge is 0.322 e. The van der Waals surface area contributed by atoms with Gasteiger partial charge in [-0.2, -0.15) is 5.10 Å². The van der Waals surface area contributed by atoms with Gasteiger partial charge in [0.1, 0.15) is 17.3 Å². The van der Waals surface area contributed by atoms with Crippen molar-refractivity contribution >= 4 is 11.7 Å². The third-order valence-corrected chi connectivity index (χ3v) is 5.41. The molecule has 0 bridgehead atoms. The lowest BCUT2D eigenvalue weighted by atomic mass is 10.2. The van der Waals surface area contributed by atoms with Crippen LogP contribution in [0, 0.1) is 11.6 Å². The Morgan fingerprint density at radius 3 is 2.50 bits per heavy atom. The third-order valence-electron chi connectivity index (χ3n) is 5.41. The molecule has 30 heavy (non-hydrogen) atoms. The molecular weight excluding hydrogens is 388 g/mol. The number of nitrogens with one attached hydrogen (secondary N) is 1. The Hall–Kier alpha value is -3.29. The molecule has 0 spiro atoms. The molecule has 2 amide bonds. The van der Waals surface area contributed by atoms with E-state index in [1.54, 1.807) is 22.0 Å². The molecule has 1 aliphatic carbocycles. The summed E-state index contributed by atoms with van der Waals surface area (Å²) in [6.45, 7) is 0.874. The van der Waals surface area contributed by atoms with E-state index in [2.05, 4.69) is 15.4 Å². The maximum absolute atomic E-state index is 14.0. The molecule has 0 saturated heterocycles. The molecule has 8 heteroatoms. The second-order valence-corrected chi connectivity index (χ2v) is 7.36. The summed E-state index contributed by atoms with van der Waals surface area (Å²) in [5.41, 5.74) is 1.37. The van der Waals surface area contributed by atoms with Crippen LogP contribution in [0.25, 0.3) is 11.3 Å². The summed E-state index contributed by atoms with van der Waals surface area (Å²) >= 11 is 0. The maximum Gasteiger partial charge on any atom is 0.322 e. The van der Waals surface area contributed by atoms with Crippen molar-refractivity contribution < 1.29 is 13.6 Å². The van der Waals surface area contributed by atoms with Crippen LogP contribution >= 0.6 is 0 Å². The highest BCUT2D eigenvalue weighted by Gasteiger charge is 2.27. The summed E-state index contributed by atoms with van der Waals surface area (Å²) in [4.78, 5) is 18.6. The number of para-hydroxylation sites is 1. The van der Waals surface area contributed by atoms with Gasteiger partial charge in [-0.1, -0.05) is 18.9 Å². The number of benzene rings is 1. The van der Waals surface area contributed by atoms with Crippen molar-refractivity contribution in [2.24, 2.45) is 0 Å². The van der Waals surface area contributed by atoms with Gasteiger partial charge in [-0.05, 0) is 43.2 Å². The number of halogens is 2. The van der Waals surface area contributed by atoms with Crippen LogP contribution in [-0.2, 0) is 6.54 Å². The molecule has 156 valence electrons. The lowest BCUT2D eigenvalue weighted by molar-refractivity contribution is 0.184. The first kappa shape index (κ1) is 20.0. The van der Waals surface area contributed by atoms with Crippen LogP contribution in [0.2, 0.25) is 0 Å². The maximum atomic E-state index is 14.0. The first-order chi connectivity index (χ1) is 14.6. The summed E-state index contributed by atoms with van der Waals surface area (Å²) in [6.07, 6.45) is 9.12. The molecule has 3 aromatic rings. The Bertz CT molecular complexity index is 982. The topological polar surface area (TPSA) is 63.1 Å². The Morgan fingerprint density at radius 2 is 1.80 bits per heavy atom. The van der Waals surface area contributed by atoms with Crippen molar-refractivity contribution in [2.75, 3.05) is 11.9 Å². The smallest absolute Gasteiger partial charge is 0.320 e. The number of carbonyl (C=O) groups is 1. The minimum absolute atomic E-state index is 0.0510. The van der Waals surface area contributed by atoms with Crippen molar-refractivity contribution in [3.8, 4) is 11.3 Å². The van der Waals surface area contributed by atoms with E-state index in [1.165, 1.54) is 6.07 Å². The van der Waals surface area contributed by atoms with Crippen LogP contribution in [0.15, 0.2) is 55.0 Å². The first-order valence-corrected chi connectivity index (χ1v) is 10.1. The number of urea groups is 1. The molecule has 0 unspecified atom stereocenters. The highest BCUT2D eigenvalue weighted by molar-refractivity contribution is 5.89. The third kappa shape index (κ3) is 4.48. The fourth-order valence-corrected chi connectivity index (χ4v) is 3.83. The average Bonchev–Trinajstić information content (AvgIpc) is 3.44. The molecule has 1 fully saturated rings. The molecule has 1 N–H and O–H groups in total. The number of hydrogen-bond acceptors (Lipinski definition) is 3. The molecule has 1 aliphatic rings. The minimum atomic E-state index is -0.788. The lowest BCUT2D eigenvalue weighted by Gasteiger charge is -2.29. The number of pyridine rings is 1. The van der Waals surface area contributed by atoms with Gasteiger partial charge in [0, 0.05) is 36.7 Å². The van der Waals surface area contributed by atoms with E-state index in [1.807, 2.05) is 24.4 Å². The number of rotatable bonds is 6. The summed E-state index contributed by atoms with van der Waals surface area (Å²) in [5, 5.41) is 6.98. The highest BCUT2D eigenvalue weighted by Crippen LogP contribution is 2.25. The lowest BCUT2D eigenvalue weighted by Crippen LogP contribution is -2.43. The number of nitrogens with zero attached hydrogens (tertiary/aromatic N) is 4. The molecule has 1 aromatic carbocycles. The zero-order valence-corrected chi connectivity index (χ0v) is 16.5. The quantitative estimate of drug-likeness (QED) is 0.640. The number of anilines is 1. The van der Waals surface area contributed by atoms with E-state index in [0.717, 1.165) is 49.1 Å². The predicted octanol–water partition coefficient (Wildman–Crippen LogP) is 4.70. The molecule has 2 aromatic heterocycles. The van der Waals surface area contributed by atoms with E-state index >= 15 is 0 Å². The summed E-state index contributed by atoms with van der Waals surface area (Å²) in [7, 11) is 0. The van der Waals surface area contributed by atoms with Gasteiger partial charge in [-0.3, -0.25) is 9.67 Å². The Morgan fingerprint density at radius 1 is 1.10 bits per heavy atom. The van der Waals surface area contributed by atoms with Crippen molar-refractivity contribution in [1.29, 1.82) is 0 Å². The molecule has 6 nitrogen and oxygen atoms in total. The molecule has 0 atom stereocenters. The van der Waals surface area contributed by atoms with Crippen molar-refractivity contribution in [3.05, 3.63) is 66.6 Å².